The second-order valence-corrected chi connectivity index (χ2v) is 8.11. The zero-order chi connectivity index (χ0) is 15.0. The summed E-state index contributed by atoms with van der Waals surface area (Å²) in [5, 5.41) is 1.45. The predicted octanol–water partition coefficient (Wildman–Crippen LogP) is -0.306. The Balaban J connectivity index is 1.72. The van der Waals surface area contributed by atoms with E-state index >= 15 is 0 Å². The summed E-state index contributed by atoms with van der Waals surface area (Å²) < 4.78 is 30.5. The molecule has 8 heteroatoms. The Bertz CT molecular complexity index is 503. The van der Waals surface area contributed by atoms with Crippen molar-refractivity contribution in [3.05, 3.63) is 0 Å². The molecule has 0 bridgehead atoms. The standard InChI is InChI=1S/C13H22N2O5S/c1-21(17,18)14-6-10-8-19-9-12(11(10)7-14)13(16)15-4-2-3-5-20-15/h10-12H,2-9H2,1H3/t10-,11-,12-/m0/s1. The van der Waals surface area contributed by atoms with Gasteiger partial charge in [-0.05, 0) is 18.8 Å². The van der Waals surface area contributed by atoms with E-state index in [9.17, 15) is 13.2 Å². The third kappa shape index (κ3) is 3.08. The Morgan fingerprint density at radius 2 is 2.00 bits per heavy atom. The topological polar surface area (TPSA) is 76.2 Å². The number of hydroxylamine groups is 2. The number of carbonyl (C=O) groups excluding carboxylic acids is 1. The van der Waals surface area contributed by atoms with Crippen molar-refractivity contribution in [3.8, 4) is 0 Å². The van der Waals surface area contributed by atoms with Crippen LogP contribution in [0.5, 0.6) is 0 Å². The van der Waals surface area contributed by atoms with Crippen LogP contribution in [0.4, 0.5) is 0 Å². The molecule has 3 heterocycles. The van der Waals surface area contributed by atoms with Crippen LogP contribution in [0.2, 0.25) is 0 Å². The summed E-state index contributed by atoms with van der Waals surface area (Å²) in [5.41, 5.74) is 0. The Morgan fingerprint density at radius 1 is 1.19 bits per heavy atom. The van der Waals surface area contributed by atoms with Crippen molar-refractivity contribution in [1.82, 2.24) is 9.37 Å². The van der Waals surface area contributed by atoms with Gasteiger partial charge < -0.3 is 4.74 Å². The zero-order valence-electron chi connectivity index (χ0n) is 12.2. The van der Waals surface area contributed by atoms with Crippen LogP contribution in [0.15, 0.2) is 0 Å². The van der Waals surface area contributed by atoms with E-state index in [-0.39, 0.29) is 23.7 Å². The van der Waals surface area contributed by atoms with Gasteiger partial charge in [0.15, 0.2) is 0 Å². The molecule has 0 aromatic rings. The number of amides is 1. The normalized spacial score (nSPS) is 34.7. The molecule has 3 saturated heterocycles. The van der Waals surface area contributed by atoms with Gasteiger partial charge >= 0.3 is 0 Å². The highest BCUT2D eigenvalue weighted by Gasteiger charge is 2.47. The highest BCUT2D eigenvalue weighted by Crippen LogP contribution is 2.36. The molecule has 21 heavy (non-hydrogen) atoms. The monoisotopic (exact) mass is 318 g/mol. The predicted molar refractivity (Wildman–Crippen MR) is 74.6 cm³/mol. The van der Waals surface area contributed by atoms with Crippen LogP contribution in [0.1, 0.15) is 12.8 Å². The molecule has 120 valence electrons. The summed E-state index contributed by atoms with van der Waals surface area (Å²) in [7, 11) is -3.21. The fraction of sp³-hybridized carbons (Fsp3) is 0.923. The number of nitrogens with zero attached hydrogens (tertiary/aromatic N) is 2. The lowest BCUT2D eigenvalue weighted by Gasteiger charge is -2.36. The number of ether oxygens (including phenoxy) is 1. The summed E-state index contributed by atoms with van der Waals surface area (Å²) in [4.78, 5) is 18.0. The minimum atomic E-state index is -3.21. The minimum absolute atomic E-state index is 0.0338. The number of sulfonamides is 1. The van der Waals surface area contributed by atoms with Gasteiger partial charge in [0.25, 0.3) is 5.91 Å². The lowest BCUT2D eigenvalue weighted by molar-refractivity contribution is -0.207. The highest BCUT2D eigenvalue weighted by molar-refractivity contribution is 7.88. The maximum Gasteiger partial charge on any atom is 0.251 e. The van der Waals surface area contributed by atoms with E-state index in [1.807, 2.05) is 0 Å². The first-order valence-electron chi connectivity index (χ1n) is 7.44. The van der Waals surface area contributed by atoms with Crippen molar-refractivity contribution in [1.29, 1.82) is 0 Å². The van der Waals surface area contributed by atoms with Crippen LogP contribution in [0.3, 0.4) is 0 Å². The van der Waals surface area contributed by atoms with Gasteiger partial charge in [-0.3, -0.25) is 9.63 Å². The second kappa shape index (κ2) is 5.83. The van der Waals surface area contributed by atoms with E-state index in [4.69, 9.17) is 9.57 Å². The molecule has 0 aliphatic carbocycles. The third-order valence-corrected chi connectivity index (χ3v) is 5.88. The van der Waals surface area contributed by atoms with Gasteiger partial charge in [0.2, 0.25) is 10.0 Å². The van der Waals surface area contributed by atoms with Crippen molar-refractivity contribution in [3.63, 3.8) is 0 Å². The molecule has 1 amide bonds. The van der Waals surface area contributed by atoms with Crippen LogP contribution < -0.4 is 0 Å². The highest BCUT2D eigenvalue weighted by atomic mass is 32.2. The molecule has 3 fully saturated rings. The van der Waals surface area contributed by atoms with E-state index in [0.29, 0.717) is 39.5 Å². The molecule has 0 radical (unpaired) electrons. The molecule has 0 spiro atoms. The van der Waals surface area contributed by atoms with E-state index in [1.54, 1.807) is 0 Å². The largest absolute Gasteiger partial charge is 0.380 e. The Kier molecular flexibility index (Phi) is 4.22. The SMILES string of the molecule is CS(=O)(=O)N1C[C@H]2COC[C@H](C(=O)N3CCCCO3)[C@H]2C1. The third-order valence-electron chi connectivity index (χ3n) is 4.64. The van der Waals surface area contributed by atoms with Crippen LogP contribution in [0, 0.1) is 17.8 Å². The van der Waals surface area contributed by atoms with Crippen molar-refractivity contribution < 1.29 is 22.8 Å². The summed E-state index contributed by atoms with van der Waals surface area (Å²) in [6.45, 7) is 2.94. The Labute approximate surface area is 125 Å². The Morgan fingerprint density at radius 3 is 2.67 bits per heavy atom. The number of rotatable bonds is 2. The van der Waals surface area contributed by atoms with Gasteiger partial charge in [-0.2, -0.15) is 0 Å². The summed E-state index contributed by atoms with van der Waals surface area (Å²) in [5.74, 6) is -0.216. The first-order chi connectivity index (χ1) is 9.97. The van der Waals surface area contributed by atoms with Crippen molar-refractivity contribution in [2.24, 2.45) is 17.8 Å². The summed E-state index contributed by atoms with van der Waals surface area (Å²) >= 11 is 0. The summed E-state index contributed by atoms with van der Waals surface area (Å²) in [6, 6.07) is 0. The number of fused-ring (bicyclic) bond motifs is 1. The van der Waals surface area contributed by atoms with Gasteiger partial charge in [0.1, 0.15) is 0 Å². The van der Waals surface area contributed by atoms with Gasteiger partial charge in [0, 0.05) is 25.6 Å². The molecule has 0 aromatic carbocycles. The van der Waals surface area contributed by atoms with E-state index < -0.39 is 10.0 Å². The molecule has 3 rings (SSSR count). The molecule has 0 aromatic heterocycles. The first-order valence-corrected chi connectivity index (χ1v) is 9.29. The van der Waals surface area contributed by atoms with E-state index in [0.717, 1.165) is 12.8 Å². The molecule has 3 aliphatic heterocycles. The lowest BCUT2D eigenvalue weighted by atomic mass is 9.82. The second-order valence-electron chi connectivity index (χ2n) is 6.13. The van der Waals surface area contributed by atoms with Crippen LogP contribution in [-0.4, -0.2) is 69.4 Å². The molecule has 0 N–H and O–H groups in total. The molecular weight excluding hydrogens is 296 g/mol. The van der Waals surface area contributed by atoms with Crippen molar-refractivity contribution in [2.75, 3.05) is 45.7 Å². The van der Waals surface area contributed by atoms with Crippen LogP contribution in [0.25, 0.3) is 0 Å². The Hall–Kier alpha value is -0.700. The first kappa shape index (κ1) is 15.2. The number of hydrogen-bond acceptors (Lipinski definition) is 5. The minimum Gasteiger partial charge on any atom is -0.380 e. The molecular formula is C13H22N2O5S. The van der Waals surface area contributed by atoms with Crippen molar-refractivity contribution >= 4 is 15.9 Å². The van der Waals surface area contributed by atoms with Crippen LogP contribution >= 0.6 is 0 Å². The molecule has 3 atom stereocenters. The lowest BCUT2D eigenvalue weighted by Crippen LogP contribution is -2.47. The van der Waals surface area contributed by atoms with Gasteiger partial charge in [-0.25, -0.2) is 17.8 Å². The average Bonchev–Trinajstić information content (AvgIpc) is 2.91. The maximum absolute atomic E-state index is 12.6. The summed E-state index contributed by atoms with van der Waals surface area (Å²) in [6.07, 6.45) is 3.14. The fourth-order valence-electron chi connectivity index (χ4n) is 3.44. The zero-order valence-corrected chi connectivity index (χ0v) is 13.0. The average molecular weight is 318 g/mol. The maximum atomic E-state index is 12.6. The van der Waals surface area contributed by atoms with Gasteiger partial charge in [0.05, 0.1) is 32.0 Å². The molecule has 7 nitrogen and oxygen atoms in total. The van der Waals surface area contributed by atoms with Gasteiger partial charge in [-0.15, -0.1) is 0 Å². The molecule has 0 unspecified atom stereocenters. The van der Waals surface area contributed by atoms with E-state index in [2.05, 4.69) is 0 Å². The van der Waals surface area contributed by atoms with Gasteiger partial charge in [-0.1, -0.05) is 0 Å². The molecule has 3 aliphatic rings. The van der Waals surface area contributed by atoms with Crippen LogP contribution in [-0.2, 0) is 24.4 Å². The molecule has 0 saturated carbocycles. The van der Waals surface area contributed by atoms with E-state index in [1.165, 1.54) is 15.6 Å². The quantitative estimate of drug-likeness (QED) is 0.698. The number of carbonyl (C=O) groups is 1. The smallest absolute Gasteiger partial charge is 0.251 e. The van der Waals surface area contributed by atoms with Crippen molar-refractivity contribution in [2.45, 2.75) is 12.8 Å². The fourth-order valence-corrected chi connectivity index (χ4v) is 4.34. The number of hydrogen-bond donors (Lipinski definition) is 0.